The molecule has 0 saturated heterocycles. The number of amides is 1. The molecular weight excluding hydrogens is 363 g/mol. The highest BCUT2D eigenvalue weighted by molar-refractivity contribution is 8.01. The zero-order chi connectivity index (χ0) is 15.5. The van der Waals surface area contributed by atoms with Crippen LogP contribution < -0.4 is 10.6 Å². The van der Waals surface area contributed by atoms with E-state index in [1.165, 1.54) is 35.9 Å². The predicted octanol–water partition coefficient (Wildman–Crippen LogP) is 4.15. The van der Waals surface area contributed by atoms with Crippen molar-refractivity contribution in [1.82, 2.24) is 10.2 Å². The molecule has 0 radical (unpaired) electrons. The Morgan fingerprint density at radius 2 is 2.05 bits per heavy atom. The average Bonchev–Trinajstić information content (AvgIpc) is 3.18. The van der Waals surface area contributed by atoms with Crippen molar-refractivity contribution in [2.45, 2.75) is 23.2 Å². The molecule has 5 nitrogen and oxygen atoms in total. The van der Waals surface area contributed by atoms with E-state index < -0.39 is 0 Å². The van der Waals surface area contributed by atoms with Gasteiger partial charge in [-0.25, -0.2) is 0 Å². The maximum absolute atomic E-state index is 12.0. The van der Waals surface area contributed by atoms with Gasteiger partial charge in [-0.1, -0.05) is 52.4 Å². The van der Waals surface area contributed by atoms with E-state index in [0.29, 0.717) is 21.8 Å². The first-order valence-corrected chi connectivity index (χ1v) is 9.14. The first kappa shape index (κ1) is 15.9. The van der Waals surface area contributed by atoms with Gasteiger partial charge in [0, 0.05) is 6.04 Å². The van der Waals surface area contributed by atoms with Crippen molar-refractivity contribution in [3.8, 4) is 0 Å². The van der Waals surface area contributed by atoms with E-state index >= 15 is 0 Å². The van der Waals surface area contributed by atoms with Crippen LogP contribution in [0.4, 0.5) is 10.8 Å². The van der Waals surface area contributed by atoms with Gasteiger partial charge in [0.15, 0.2) is 4.34 Å². The number of aromatic nitrogens is 2. The number of carbonyl (C=O) groups is 1. The molecule has 1 aliphatic rings. The minimum Gasteiger partial charge on any atom is -0.357 e. The van der Waals surface area contributed by atoms with Crippen LogP contribution in [0.5, 0.6) is 0 Å². The second-order valence-electron chi connectivity index (χ2n) is 4.73. The summed E-state index contributed by atoms with van der Waals surface area (Å²) in [5.41, 5.74) is 0.435. The molecule has 0 unspecified atom stereocenters. The molecule has 1 amide bonds. The summed E-state index contributed by atoms with van der Waals surface area (Å²) in [4.78, 5) is 12.0. The van der Waals surface area contributed by atoms with E-state index in [0.717, 1.165) is 9.47 Å². The number of thioether (sulfide) groups is 1. The minimum atomic E-state index is -0.188. The van der Waals surface area contributed by atoms with Crippen molar-refractivity contribution in [2.75, 3.05) is 16.4 Å². The summed E-state index contributed by atoms with van der Waals surface area (Å²) in [7, 11) is 0. The van der Waals surface area contributed by atoms with E-state index in [-0.39, 0.29) is 11.7 Å². The zero-order valence-electron chi connectivity index (χ0n) is 11.3. The van der Waals surface area contributed by atoms with Gasteiger partial charge < -0.3 is 10.6 Å². The number of para-hydroxylation sites is 1. The zero-order valence-corrected chi connectivity index (χ0v) is 14.5. The molecule has 116 valence electrons. The molecule has 1 heterocycles. The number of hydrogen-bond donors (Lipinski definition) is 2. The molecule has 22 heavy (non-hydrogen) atoms. The lowest BCUT2D eigenvalue weighted by Gasteiger charge is -2.08. The third kappa shape index (κ3) is 4.25. The quantitative estimate of drug-likeness (QED) is 0.743. The van der Waals surface area contributed by atoms with Gasteiger partial charge in [-0.2, -0.15) is 0 Å². The Hall–Kier alpha value is -1.02. The Balaban J connectivity index is 1.52. The fourth-order valence-electron chi connectivity index (χ4n) is 1.65. The van der Waals surface area contributed by atoms with E-state index in [1.54, 1.807) is 18.2 Å². The summed E-state index contributed by atoms with van der Waals surface area (Å²) < 4.78 is 0.753. The van der Waals surface area contributed by atoms with E-state index in [4.69, 9.17) is 23.2 Å². The predicted molar refractivity (Wildman–Crippen MR) is 92.4 cm³/mol. The smallest absolute Gasteiger partial charge is 0.234 e. The van der Waals surface area contributed by atoms with Crippen molar-refractivity contribution in [3.63, 3.8) is 0 Å². The Kier molecular flexibility index (Phi) is 5.07. The summed E-state index contributed by atoms with van der Waals surface area (Å²) in [5, 5.41) is 15.7. The van der Waals surface area contributed by atoms with Crippen LogP contribution in [0.1, 0.15) is 12.8 Å². The summed E-state index contributed by atoms with van der Waals surface area (Å²) in [5.74, 6) is 0.0338. The first-order valence-electron chi connectivity index (χ1n) is 6.58. The van der Waals surface area contributed by atoms with Gasteiger partial charge in [-0.15, -0.1) is 10.2 Å². The van der Waals surface area contributed by atoms with Gasteiger partial charge in [-0.3, -0.25) is 4.79 Å². The summed E-state index contributed by atoms with van der Waals surface area (Å²) in [6, 6.07) is 5.62. The lowest BCUT2D eigenvalue weighted by molar-refractivity contribution is -0.113. The van der Waals surface area contributed by atoms with E-state index in [1.807, 2.05) is 0 Å². The first-order chi connectivity index (χ1) is 10.6. The second-order valence-corrected chi connectivity index (χ2v) is 7.74. The van der Waals surface area contributed by atoms with Crippen LogP contribution in [0.15, 0.2) is 22.5 Å². The molecule has 2 aromatic rings. The molecule has 1 aromatic carbocycles. The van der Waals surface area contributed by atoms with Crippen LogP contribution in [-0.2, 0) is 4.79 Å². The lowest BCUT2D eigenvalue weighted by atomic mass is 10.3. The topological polar surface area (TPSA) is 66.9 Å². The number of nitrogens with zero attached hydrogens (tertiary/aromatic N) is 2. The molecule has 1 saturated carbocycles. The Bertz CT molecular complexity index is 670. The average molecular weight is 375 g/mol. The van der Waals surface area contributed by atoms with Crippen molar-refractivity contribution < 1.29 is 4.79 Å². The number of carbonyl (C=O) groups excluding carboxylic acids is 1. The standard InChI is InChI=1S/C13H12Cl2N4OS2/c14-8-2-1-3-9(15)11(8)17-10(20)6-21-13-19-18-12(22-13)16-7-4-5-7/h1-3,7H,4-6H2,(H,16,18)(H,17,20). The molecule has 0 aliphatic heterocycles. The molecule has 1 fully saturated rings. The van der Waals surface area contributed by atoms with Crippen LogP contribution in [0.2, 0.25) is 10.0 Å². The highest BCUT2D eigenvalue weighted by Crippen LogP contribution is 2.32. The summed E-state index contributed by atoms with van der Waals surface area (Å²) in [6.45, 7) is 0. The number of halogens is 2. The Labute approximate surface area is 145 Å². The molecule has 0 bridgehead atoms. The largest absolute Gasteiger partial charge is 0.357 e. The maximum atomic E-state index is 12.0. The maximum Gasteiger partial charge on any atom is 0.234 e. The summed E-state index contributed by atoms with van der Waals surface area (Å²) in [6.07, 6.45) is 2.37. The normalized spacial score (nSPS) is 13.9. The van der Waals surface area contributed by atoms with Gasteiger partial charge in [0.05, 0.1) is 21.5 Å². The third-order valence-electron chi connectivity index (χ3n) is 2.87. The number of anilines is 2. The number of benzene rings is 1. The van der Waals surface area contributed by atoms with Crippen LogP contribution in [0.3, 0.4) is 0 Å². The molecule has 1 aromatic heterocycles. The van der Waals surface area contributed by atoms with Crippen molar-refractivity contribution >= 4 is 63.0 Å². The van der Waals surface area contributed by atoms with Gasteiger partial charge in [-0.05, 0) is 25.0 Å². The molecule has 2 N–H and O–H groups in total. The molecule has 3 rings (SSSR count). The Morgan fingerprint density at radius 1 is 1.32 bits per heavy atom. The Morgan fingerprint density at radius 3 is 2.73 bits per heavy atom. The second kappa shape index (κ2) is 7.04. The number of rotatable bonds is 6. The van der Waals surface area contributed by atoms with Gasteiger partial charge >= 0.3 is 0 Å². The SMILES string of the molecule is O=C(CSc1nnc(NC2CC2)s1)Nc1c(Cl)cccc1Cl. The van der Waals surface area contributed by atoms with Gasteiger partial charge in [0.1, 0.15) is 0 Å². The van der Waals surface area contributed by atoms with Crippen molar-refractivity contribution in [2.24, 2.45) is 0 Å². The monoisotopic (exact) mass is 374 g/mol. The molecule has 0 atom stereocenters. The van der Waals surface area contributed by atoms with Crippen LogP contribution >= 0.6 is 46.3 Å². The molecule has 9 heteroatoms. The molecular formula is C13H12Cl2N4OS2. The number of hydrogen-bond acceptors (Lipinski definition) is 6. The third-order valence-corrected chi connectivity index (χ3v) is 5.48. The van der Waals surface area contributed by atoms with Crippen LogP contribution in [-0.4, -0.2) is 27.9 Å². The lowest BCUT2D eigenvalue weighted by Crippen LogP contribution is -2.14. The highest BCUT2D eigenvalue weighted by atomic mass is 35.5. The van der Waals surface area contributed by atoms with Gasteiger partial charge in [0.25, 0.3) is 0 Å². The van der Waals surface area contributed by atoms with Gasteiger partial charge in [0.2, 0.25) is 11.0 Å². The summed E-state index contributed by atoms with van der Waals surface area (Å²) >= 11 is 14.8. The van der Waals surface area contributed by atoms with E-state index in [9.17, 15) is 4.79 Å². The fraction of sp³-hybridized carbons (Fsp3) is 0.308. The van der Waals surface area contributed by atoms with Crippen LogP contribution in [0, 0.1) is 0 Å². The molecule has 1 aliphatic carbocycles. The van der Waals surface area contributed by atoms with Crippen molar-refractivity contribution in [3.05, 3.63) is 28.2 Å². The fourth-order valence-corrected chi connectivity index (χ4v) is 3.77. The van der Waals surface area contributed by atoms with Crippen LogP contribution in [0.25, 0.3) is 0 Å². The molecule has 0 spiro atoms. The van der Waals surface area contributed by atoms with Crippen molar-refractivity contribution in [1.29, 1.82) is 0 Å². The highest BCUT2D eigenvalue weighted by Gasteiger charge is 2.22. The minimum absolute atomic E-state index is 0.188. The van der Waals surface area contributed by atoms with E-state index in [2.05, 4.69) is 20.8 Å². The number of nitrogens with one attached hydrogen (secondary N) is 2.